The predicted octanol–water partition coefficient (Wildman–Crippen LogP) is 1.94. The van der Waals surface area contributed by atoms with E-state index in [9.17, 15) is 0 Å². The van der Waals surface area contributed by atoms with Gasteiger partial charge in [-0.15, -0.1) is 11.6 Å². The number of alkyl halides is 1. The van der Waals surface area contributed by atoms with E-state index in [1.54, 1.807) is 0 Å². The van der Waals surface area contributed by atoms with Crippen LogP contribution in [0.3, 0.4) is 0 Å². The maximum absolute atomic E-state index is 5.88. The van der Waals surface area contributed by atoms with Crippen LogP contribution >= 0.6 is 11.6 Å². The van der Waals surface area contributed by atoms with Crippen molar-refractivity contribution in [3.05, 3.63) is 23.7 Å². The van der Waals surface area contributed by atoms with Gasteiger partial charge in [-0.05, 0) is 19.1 Å². The summed E-state index contributed by atoms with van der Waals surface area (Å²) in [6.07, 6.45) is 0.780. The highest BCUT2D eigenvalue weighted by Gasteiger charge is 2.19. The minimum Gasteiger partial charge on any atom is -0.376 e. The topological polar surface area (TPSA) is 49.2 Å². The minimum absolute atomic E-state index is 0.0533. The van der Waals surface area contributed by atoms with Gasteiger partial charge < -0.3 is 14.0 Å². The predicted molar refractivity (Wildman–Crippen MR) is 77.2 cm³/mol. The molecule has 0 aromatic carbocycles. The van der Waals surface area contributed by atoms with Gasteiger partial charge in [-0.25, -0.2) is 9.97 Å². The first kappa shape index (κ1) is 13.8. The molecule has 3 rings (SSSR count). The van der Waals surface area contributed by atoms with E-state index in [2.05, 4.69) is 14.5 Å². The number of hydrogen-bond donors (Lipinski definition) is 0. The van der Waals surface area contributed by atoms with E-state index in [0.717, 1.165) is 29.1 Å². The van der Waals surface area contributed by atoms with Crippen LogP contribution in [0.2, 0.25) is 0 Å². The number of rotatable bonds is 4. The van der Waals surface area contributed by atoms with Crippen LogP contribution in [0.1, 0.15) is 11.5 Å². The van der Waals surface area contributed by atoms with E-state index in [4.69, 9.17) is 21.1 Å². The molecule has 1 fully saturated rings. The third kappa shape index (κ3) is 2.80. The molecule has 0 N–H and O–H groups in total. The third-order valence-electron chi connectivity index (χ3n) is 3.40. The van der Waals surface area contributed by atoms with Crippen molar-refractivity contribution < 1.29 is 9.47 Å². The van der Waals surface area contributed by atoms with Crippen molar-refractivity contribution in [2.24, 2.45) is 0 Å². The van der Waals surface area contributed by atoms with E-state index in [-0.39, 0.29) is 6.10 Å². The first-order chi connectivity index (χ1) is 9.78. The third-order valence-corrected chi connectivity index (χ3v) is 3.59. The van der Waals surface area contributed by atoms with Crippen LogP contribution in [-0.4, -0.2) is 46.3 Å². The molecule has 1 saturated heterocycles. The van der Waals surface area contributed by atoms with E-state index >= 15 is 0 Å². The van der Waals surface area contributed by atoms with Gasteiger partial charge in [-0.1, -0.05) is 0 Å². The fourth-order valence-corrected chi connectivity index (χ4v) is 2.63. The Kier molecular flexibility index (Phi) is 4.19. The number of aryl methyl sites for hydroxylation is 2. The monoisotopic (exact) mass is 295 g/mol. The zero-order valence-corrected chi connectivity index (χ0v) is 12.3. The van der Waals surface area contributed by atoms with Gasteiger partial charge in [0.05, 0.1) is 32.5 Å². The molecule has 20 heavy (non-hydrogen) atoms. The molecule has 6 heteroatoms. The number of hydrogen-bond acceptors (Lipinski definition) is 4. The summed E-state index contributed by atoms with van der Waals surface area (Å²) in [6.45, 7) is 4.63. The largest absolute Gasteiger partial charge is 0.376 e. The van der Waals surface area contributed by atoms with E-state index < -0.39 is 0 Å². The van der Waals surface area contributed by atoms with Crippen molar-refractivity contribution in [2.75, 3.05) is 25.7 Å². The minimum atomic E-state index is 0.0533. The number of aromatic nitrogens is 3. The van der Waals surface area contributed by atoms with Gasteiger partial charge in [0, 0.05) is 18.0 Å². The lowest BCUT2D eigenvalue weighted by Crippen LogP contribution is -2.32. The lowest BCUT2D eigenvalue weighted by Gasteiger charge is -2.24. The molecule has 0 radical (unpaired) electrons. The standard InChI is InChI=1S/C14H18ClN3O2/c1-10-2-3-12-14(16-10)18(13(17-12)4-5-15)8-11-9-19-6-7-20-11/h2-3,11H,4-9H2,1H3. The van der Waals surface area contributed by atoms with Crippen LogP contribution in [0, 0.1) is 6.92 Å². The molecule has 2 aromatic heterocycles. The highest BCUT2D eigenvalue weighted by Crippen LogP contribution is 2.18. The van der Waals surface area contributed by atoms with Crippen LogP contribution in [0.5, 0.6) is 0 Å². The number of fused-ring (bicyclic) bond motifs is 1. The van der Waals surface area contributed by atoms with Crippen molar-refractivity contribution in [1.82, 2.24) is 14.5 Å². The molecule has 1 aliphatic heterocycles. The molecule has 0 amide bonds. The summed E-state index contributed by atoms with van der Waals surface area (Å²) in [6, 6.07) is 3.98. The summed E-state index contributed by atoms with van der Waals surface area (Å²) < 4.78 is 13.3. The second-order valence-corrected chi connectivity index (χ2v) is 5.32. The first-order valence-corrected chi connectivity index (χ1v) is 7.39. The van der Waals surface area contributed by atoms with Crippen molar-refractivity contribution in [3.8, 4) is 0 Å². The van der Waals surface area contributed by atoms with Crippen LogP contribution < -0.4 is 0 Å². The normalized spacial score (nSPS) is 19.6. The lowest BCUT2D eigenvalue weighted by molar-refractivity contribution is -0.0934. The Morgan fingerprint density at radius 3 is 3.00 bits per heavy atom. The van der Waals surface area contributed by atoms with Crippen molar-refractivity contribution >= 4 is 22.8 Å². The van der Waals surface area contributed by atoms with E-state index in [1.165, 1.54) is 0 Å². The number of nitrogens with zero attached hydrogens (tertiary/aromatic N) is 3. The van der Waals surface area contributed by atoms with Crippen molar-refractivity contribution in [3.63, 3.8) is 0 Å². The molecule has 0 aliphatic carbocycles. The van der Waals surface area contributed by atoms with Gasteiger partial charge in [0.2, 0.25) is 0 Å². The maximum Gasteiger partial charge on any atom is 0.160 e. The van der Waals surface area contributed by atoms with Crippen LogP contribution in [0.15, 0.2) is 12.1 Å². The first-order valence-electron chi connectivity index (χ1n) is 6.86. The summed E-state index contributed by atoms with van der Waals surface area (Å²) in [5, 5.41) is 0. The fourth-order valence-electron chi connectivity index (χ4n) is 2.46. The summed E-state index contributed by atoms with van der Waals surface area (Å²) in [4.78, 5) is 9.23. The molecular weight excluding hydrogens is 278 g/mol. The van der Waals surface area contributed by atoms with Crippen LogP contribution in [-0.2, 0) is 22.4 Å². The molecule has 1 unspecified atom stereocenters. The van der Waals surface area contributed by atoms with Crippen LogP contribution in [0.25, 0.3) is 11.2 Å². The number of halogens is 1. The van der Waals surface area contributed by atoms with Crippen molar-refractivity contribution in [2.45, 2.75) is 26.0 Å². The van der Waals surface area contributed by atoms with Gasteiger partial charge >= 0.3 is 0 Å². The molecule has 0 saturated carbocycles. The van der Waals surface area contributed by atoms with Gasteiger partial charge in [0.15, 0.2) is 5.65 Å². The zero-order chi connectivity index (χ0) is 13.9. The Labute approximate surface area is 122 Å². The summed E-state index contributed by atoms with van der Waals surface area (Å²) >= 11 is 5.88. The number of ether oxygens (including phenoxy) is 2. The SMILES string of the molecule is Cc1ccc2nc(CCCl)n(CC3COCCO3)c2n1. The molecule has 3 heterocycles. The highest BCUT2D eigenvalue weighted by atomic mass is 35.5. The van der Waals surface area contributed by atoms with Gasteiger partial charge in [0.25, 0.3) is 0 Å². The number of imidazole rings is 1. The second kappa shape index (κ2) is 6.08. The smallest absolute Gasteiger partial charge is 0.160 e. The van der Waals surface area contributed by atoms with E-state index in [1.807, 2.05) is 19.1 Å². The van der Waals surface area contributed by atoms with Gasteiger partial charge in [-0.3, -0.25) is 0 Å². The van der Waals surface area contributed by atoms with E-state index in [0.29, 0.717) is 32.2 Å². The molecule has 0 bridgehead atoms. The Hall–Kier alpha value is -1.17. The Balaban J connectivity index is 1.96. The second-order valence-electron chi connectivity index (χ2n) is 4.94. The van der Waals surface area contributed by atoms with Gasteiger partial charge in [-0.2, -0.15) is 0 Å². The Morgan fingerprint density at radius 2 is 2.25 bits per heavy atom. The van der Waals surface area contributed by atoms with Crippen LogP contribution in [0.4, 0.5) is 0 Å². The summed E-state index contributed by atoms with van der Waals surface area (Å²) in [7, 11) is 0. The maximum atomic E-state index is 5.88. The molecule has 108 valence electrons. The average molecular weight is 296 g/mol. The molecule has 1 aliphatic rings. The Bertz CT molecular complexity index is 593. The zero-order valence-electron chi connectivity index (χ0n) is 11.5. The average Bonchev–Trinajstić information content (AvgIpc) is 2.78. The molecular formula is C14H18ClN3O2. The quantitative estimate of drug-likeness (QED) is 0.809. The number of pyridine rings is 1. The summed E-state index contributed by atoms with van der Waals surface area (Å²) in [5.74, 6) is 1.51. The highest BCUT2D eigenvalue weighted by molar-refractivity contribution is 6.17. The van der Waals surface area contributed by atoms with Crippen molar-refractivity contribution in [1.29, 1.82) is 0 Å². The van der Waals surface area contributed by atoms with Gasteiger partial charge in [0.1, 0.15) is 11.3 Å². The molecule has 5 nitrogen and oxygen atoms in total. The molecule has 2 aromatic rings. The Morgan fingerprint density at radius 1 is 1.35 bits per heavy atom. The lowest BCUT2D eigenvalue weighted by atomic mass is 10.3. The fraction of sp³-hybridized carbons (Fsp3) is 0.571. The molecule has 1 atom stereocenters. The molecule has 0 spiro atoms. The summed E-state index contributed by atoms with van der Waals surface area (Å²) in [5.41, 5.74) is 2.80.